The number of hydrogen-bond acceptors (Lipinski definition) is 7. The van der Waals surface area contributed by atoms with Crippen molar-refractivity contribution >= 4 is 29.6 Å². The van der Waals surface area contributed by atoms with Crippen molar-refractivity contribution in [2.75, 3.05) is 13.7 Å². The molecule has 1 amide bonds. The molecule has 1 N–H and O–H groups in total. The van der Waals surface area contributed by atoms with Crippen molar-refractivity contribution in [1.29, 1.82) is 0 Å². The Bertz CT molecular complexity index is 728. The Morgan fingerprint density at radius 2 is 2.12 bits per heavy atom. The van der Waals surface area contributed by atoms with Crippen LogP contribution in [0.1, 0.15) is 22.2 Å². The molecule has 0 unspecified atom stereocenters. The van der Waals surface area contributed by atoms with Gasteiger partial charge in [-0.25, -0.2) is 15.0 Å². The first-order valence-electron chi connectivity index (χ1n) is 7.03. The van der Waals surface area contributed by atoms with Crippen LogP contribution < -0.4 is 14.9 Å². The quantitative estimate of drug-likeness (QED) is 0.375. The summed E-state index contributed by atoms with van der Waals surface area (Å²) in [6, 6.07) is 8.36. The van der Waals surface area contributed by atoms with Crippen molar-refractivity contribution < 1.29 is 23.8 Å². The van der Waals surface area contributed by atoms with Gasteiger partial charge in [0.2, 0.25) is 0 Å². The average Bonchev–Trinajstić information content (AvgIpc) is 3.11. The summed E-state index contributed by atoms with van der Waals surface area (Å²) in [6.07, 6.45) is 0.784. The van der Waals surface area contributed by atoms with Crippen LogP contribution in [-0.2, 0) is 4.74 Å². The lowest BCUT2D eigenvalue weighted by molar-refractivity contribution is 0.0734. The number of ether oxygens (including phenoxy) is 3. The lowest BCUT2D eigenvalue weighted by Gasteiger charge is -2.09. The number of hydrogen-bond donors (Lipinski definition) is 1. The number of benzene rings is 1. The van der Waals surface area contributed by atoms with Gasteiger partial charge in [-0.3, -0.25) is 0 Å². The first kappa shape index (κ1) is 17.5. The van der Waals surface area contributed by atoms with Crippen LogP contribution >= 0.6 is 11.3 Å². The van der Waals surface area contributed by atoms with Crippen molar-refractivity contribution in [2.24, 2.45) is 5.10 Å². The summed E-state index contributed by atoms with van der Waals surface area (Å²) in [6.45, 7) is 1.96. The summed E-state index contributed by atoms with van der Waals surface area (Å²) in [5.74, 6) is 0.222. The van der Waals surface area contributed by atoms with Gasteiger partial charge < -0.3 is 14.2 Å². The van der Waals surface area contributed by atoms with Gasteiger partial charge in [-0.05, 0) is 42.1 Å². The first-order valence-corrected chi connectivity index (χ1v) is 7.91. The van der Waals surface area contributed by atoms with Gasteiger partial charge in [0, 0.05) is 0 Å². The zero-order valence-corrected chi connectivity index (χ0v) is 14.0. The molecule has 0 fully saturated rings. The minimum Gasteiger partial charge on any atom is -0.493 e. The van der Waals surface area contributed by atoms with Gasteiger partial charge in [0.15, 0.2) is 11.5 Å². The fraction of sp³-hybridized carbons (Fsp3) is 0.188. The number of esters is 1. The Balaban J connectivity index is 2.05. The van der Waals surface area contributed by atoms with E-state index in [1.54, 1.807) is 42.6 Å². The minimum absolute atomic E-state index is 0.263. The molecule has 0 radical (unpaired) electrons. The molecular formula is C16H16N2O5S. The maximum Gasteiger partial charge on any atom is 0.427 e. The highest BCUT2D eigenvalue weighted by Gasteiger charge is 2.13. The fourth-order valence-electron chi connectivity index (χ4n) is 1.72. The molecule has 24 heavy (non-hydrogen) atoms. The third-order valence-electron chi connectivity index (χ3n) is 2.76. The number of nitrogens with one attached hydrogen (secondary N) is 1. The third kappa shape index (κ3) is 4.82. The fourth-order valence-corrected chi connectivity index (χ4v) is 2.32. The number of hydrazone groups is 1. The molecule has 2 rings (SSSR count). The molecule has 7 nitrogen and oxygen atoms in total. The third-order valence-corrected chi connectivity index (χ3v) is 3.61. The second-order valence-electron chi connectivity index (χ2n) is 4.37. The zero-order valence-electron chi connectivity index (χ0n) is 13.1. The molecule has 0 saturated carbocycles. The van der Waals surface area contributed by atoms with E-state index in [1.807, 2.05) is 0 Å². The number of amides is 1. The summed E-state index contributed by atoms with van der Waals surface area (Å²) in [5.41, 5.74) is 2.87. The van der Waals surface area contributed by atoms with Crippen LogP contribution in [0.25, 0.3) is 0 Å². The Morgan fingerprint density at radius 1 is 1.29 bits per heavy atom. The maximum absolute atomic E-state index is 12.0. The molecule has 2 aromatic rings. The van der Waals surface area contributed by atoms with E-state index in [0.717, 1.165) is 0 Å². The van der Waals surface area contributed by atoms with Gasteiger partial charge in [0.25, 0.3) is 0 Å². The van der Waals surface area contributed by atoms with E-state index in [4.69, 9.17) is 9.47 Å². The largest absolute Gasteiger partial charge is 0.493 e. The first-order chi connectivity index (χ1) is 11.6. The zero-order chi connectivity index (χ0) is 17.4. The van der Waals surface area contributed by atoms with E-state index in [-0.39, 0.29) is 6.61 Å². The van der Waals surface area contributed by atoms with Crippen molar-refractivity contribution in [3.05, 3.63) is 46.2 Å². The molecule has 126 valence electrons. The van der Waals surface area contributed by atoms with Gasteiger partial charge in [-0.1, -0.05) is 6.07 Å². The normalized spacial score (nSPS) is 10.4. The number of thiophene rings is 1. The predicted molar refractivity (Wildman–Crippen MR) is 90.0 cm³/mol. The molecule has 0 bridgehead atoms. The van der Waals surface area contributed by atoms with Gasteiger partial charge in [-0.2, -0.15) is 5.10 Å². The van der Waals surface area contributed by atoms with Gasteiger partial charge in [0.1, 0.15) is 4.88 Å². The van der Waals surface area contributed by atoms with Crippen molar-refractivity contribution in [3.63, 3.8) is 0 Å². The monoisotopic (exact) mass is 348 g/mol. The molecule has 0 spiro atoms. The summed E-state index contributed by atoms with van der Waals surface area (Å²) in [7, 11) is 1.47. The number of nitrogens with zero attached hydrogens (tertiary/aromatic N) is 1. The second-order valence-corrected chi connectivity index (χ2v) is 5.32. The summed E-state index contributed by atoms with van der Waals surface area (Å²) < 4.78 is 15.2. The molecule has 0 atom stereocenters. The highest BCUT2D eigenvalue weighted by Crippen LogP contribution is 2.28. The Morgan fingerprint density at radius 3 is 2.79 bits per heavy atom. The number of rotatable bonds is 6. The number of methoxy groups -OCH3 is 1. The topological polar surface area (TPSA) is 86.2 Å². The lowest BCUT2D eigenvalue weighted by Crippen LogP contribution is -2.18. The summed E-state index contributed by atoms with van der Waals surface area (Å²) in [5, 5.41) is 5.55. The van der Waals surface area contributed by atoms with E-state index in [2.05, 4.69) is 15.3 Å². The van der Waals surface area contributed by atoms with Crippen molar-refractivity contribution in [3.8, 4) is 11.5 Å². The SMILES string of the molecule is CCOC(=O)N/N=C/c1ccc(OC(=O)c2cccs2)c(OC)c1. The smallest absolute Gasteiger partial charge is 0.427 e. The van der Waals surface area contributed by atoms with Crippen LogP contribution in [-0.4, -0.2) is 32.0 Å². The standard InChI is InChI=1S/C16H16N2O5S/c1-3-22-16(20)18-17-10-11-6-7-12(13(9-11)21-2)23-15(19)14-5-4-8-24-14/h4-10H,3H2,1-2H3,(H,18,20)/b17-10+. The number of carbonyl (C=O) groups is 2. The minimum atomic E-state index is -0.637. The van der Waals surface area contributed by atoms with Crippen LogP contribution in [0.3, 0.4) is 0 Å². The molecule has 0 aliphatic heterocycles. The molecule has 1 heterocycles. The second kappa shape index (κ2) is 8.68. The van der Waals surface area contributed by atoms with Gasteiger partial charge >= 0.3 is 12.1 Å². The Kier molecular flexibility index (Phi) is 6.32. The van der Waals surface area contributed by atoms with E-state index < -0.39 is 12.1 Å². The highest BCUT2D eigenvalue weighted by atomic mass is 32.1. The predicted octanol–water partition coefficient (Wildman–Crippen LogP) is 3.06. The van der Waals surface area contributed by atoms with Crippen LogP contribution in [0.4, 0.5) is 4.79 Å². The van der Waals surface area contributed by atoms with Crippen LogP contribution in [0.2, 0.25) is 0 Å². The van der Waals surface area contributed by atoms with Crippen LogP contribution in [0, 0.1) is 0 Å². The summed E-state index contributed by atoms with van der Waals surface area (Å²) >= 11 is 1.30. The van der Waals surface area contributed by atoms with Crippen LogP contribution in [0.5, 0.6) is 11.5 Å². The van der Waals surface area contributed by atoms with Gasteiger partial charge in [-0.15, -0.1) is 11.3 Å². The molecule has 1 aromatic heterocycles. The summed E-state index contributed by atoms with van der Waals surface area (Å²) in [4.78, 5) is 23.6. The average molecular weight is 348 g/mol. The molecule has 8 heteroatoms. The van der Waals surface area contributed by atoms with E-state index in [1.165, 1.54) is 24.7 Å². The van der Waals surface area contributed by atoms with E-state index >= 15 is 0 Å². The van der Waals surface area contributed by atoms with E-state index in [9.17, 15) is 9.59 Å². The maximum atomic E-state index is 12.0. The lowest BCUT2D eigenvalue weighted by atomic mass is 10.2. The Labute approximate surface area is 142 Å². The molecule has 1 aromatic carbocycles. The van der Waals surface area contributed by atoms with Gasteiger partial charge in [0.05, 0.1) is 19.9 Å². The Hall–Kier alpha value is -2.87. The molecular weight excluding hydrogens is 332 g/mol. The van der Waals surface area contributed by atoms with Crippen LogP contribution in [0.15, 0.2) is 40.8 Å². The van der Waals surface area contributed by atoms with Crippen molar-refractivity contribution in [2.45, 2.75) is 6.92 Å². The molecule has 0 aliphatic rings. The van der Waals surface area contributed by atoms with Crippen molar-refractivity contribution in [1.82, 2.24) is 5.43 Å². The van der Waals surface area contributed by atoms with E-state index in [0.29, 0.717) is 21.9 Å². The molecule has 0 aliphatic carbocycles. The number of carbonyl (C=O) groups excluding carboxylic acids is 2. The molecule has 0 saturated heterocycles. The highest BCUT2D eigenvalue weighted by molar-refractivity contribution is 7.12.